The maximum absolute atomic E-state index is 13.3. The number of hydrogen-bond donors (Lipinski definition) is 5. The van der Waals surface area contributed by atoms with E-state index in [0.29, 0.717) is 10.8 Å². The number of aromatic nitrogens is 3. The van der Waals surface area contributed by atoms with E-state index in [1.165, 1.54) is 19.2 Å². The summed E-state index contributed by atoms with van der Waals surface area (Å²) in [7, 11) is -3.29. The number of β-lactam (4-membered cyclic amide) rings is 1. The summed E-state index contributed by atoms with van der Waals surface area (Å²) in [5, 5.41) is 24.4. The Morgan fingerprint density at radius 1 is 1.27 bits per heavy atom. The largest absolute Gasteiger partial charge is 0.724 e. The molecule has 2 aliphatic heterocycles. The molecule has 4 heterocycles. The lowest BCUT2D eigenvalue weighted by molar-refractivity contribution is -0.753. The predicted molar refractivity (Wildman–Crippen MR) is 180 cm³/mol. The third-order valence-electron chi connectivity index (χ3n) is 8.29. The van der Waals surface area contributed by atoms with Crippen molar-refractivity contribution in [1.82, 2.24) is 30.7 Å². The number of aliphatic carboxylic acids is 1. The third-order valence-corrected chi connectivity index (χ3v) is 9.30. The summed E-state index contributed by atoms with van der Waals surface area (Å²) < 4.78 is 47.0. The van der Waals surface area contributed by atoms with Crippen LogP contribution in [0.5, 0.6) is 5.75 Å². The molecule has 2 aromatic heterocycles. The SMILES string of the molecule is C[n+]1cc(-c2ccc(OC[C@H](O/N=C(/C(=O)NC3C(=O)N(OS(=O)(=O)[O-])C3(C)C)c3csc(N)n3)C(=O)O)cc2)cn1CCCNCC1CNC1. The van der Waals surface area contributed by atoms with Gasteiger partial charge < -0.3 is 40.9 Å². The third kappa shape index (κ3) is 9.36. The van der Waals surface area contributed by atoms with E-state index in [1.54, 1.807) is 12.1 Å². The Bertz CT molecular complexity index is 1870. The van der Waals surface area contributed by atoms with Gasteiger partial charge in [0.2, 0.25) is 16.6 Å². The summed E-state index contributed by atoms with van der Waals surface area (Å²) in [4.78, 5) is 47.0. The number of aryl methyl sites for hydroxylation is 2. The number of amides is 2. The highest BCUT2D eigenvalue weighted by molar-refractivity contribution is 7.80. The van der Waals surface area contributed by atoms with Gasteiger partial charge in [-0.3, -0.25) is 9.59 Å². The number of nitrogens with zero attached hydrogens (tertiary/aromatic N) is 5. The molecule has 0 spiro atoms. The molecule has 5 rings (SSSR count). The second-order valence-corrected chi connectivity index (χ2v) is 14.3. The number of thiazole rings is 1. The zero-order valence-corrected chi connectivity index (χ0v) is 29.6. The van der Waals surface area contributed by atoms with Gasteiger partial charge in [0.15, 0.2) is 17.9 Å². The average molecular weight is 750 g/mol. The van der Waals surface area contributed by atoms with Crippen LogP contribution in [0.1, 0.15) is 26.0 Å². The standard InChI is InChI=1S/C30H39N9O10S2/c1-30(2)25(27(41)39(30)49-51(44,45)46)35-26(40)24(22-17-50-29(31)34-22)36-48-23(28(42)43)16-47-21-7-5-19(6-8-21)20-14-37(3)38(15-20)10-4-9-32-11-18-12-33-13-18/h5-8,14-15,17-18,23,25,32-33H,4,9-13,16H2,1-3H3,(H4-,31,34,35,40,42,43,44,45,46)/b36-24+/t23-,25?/m0/s1. The summed E-state index contributed by atoms with van der Waals surface area (Å²) in [5.41, 5.74) is 5.56. The minimum absolute atomic E-state index is 0.0579. The number of benzene rings is 1. The number of nitrogens with two attached hydrogens (primary N) is 1. The number of nitrogen functional groups attached to an aromatic ring is 1. The molecule has 1 unspecified atom stereocenters. The van der Waals surface area contributed by atoms with Gasteiger partial charge in [-0.15, -0.1) is 16.0 Å². The molecular weight excluding hydrogens is 711 g/mol. The van der Waals surface area contributed by atoms with E-state index in [1.807, 2.05) is 30.1 Å². The number of carbonyl (C=O) groups is 3. The lowest BCUT2D eigenvalue weighted by Crippen LogP contribution is -2.76. The van der Waals surface area contributed by atoms with E-state index in [0.717, 1.165) is 67.5 Å². The summed E-state index contributed by atoms with van der Waals surface area (Å²) in [6.07, 6.45) is 3.39. The van der Waals surface area contributed by atoms with Crippen molar-refractivity contribution in [3.63, 3.8) is 0 Å². The van der Waals surface area contributed by atoms with Crippen LogP contribution in [-0.4, -0.2) is 107 Å². The number of oxime groups is 1. The molecule has 19 nitrogen and oxygen atoms in total. The molecule has 2 atom stereocenters. The minimum atomic E-state index is -5.27. The highest BCUT2D eigenvalue weighted by Gasteiger charge is 2.57. The molecule has 2 aliphatic rings. The van der Waals surface area contributed by atoms with Crippen LogP contribution in [0.4, 0.5) is 5.13 Å². The number of nitrogens with one attached hydrogen (secondary N) is 3. The monoisotopic (exact) mass is 749 g/mol. The zero-order valence-electron chi connectivity index (χ0n) is 28.0. The van der Waals surface area contributed by atoms with Crippen LogP contribution in [0.3, 0.4) is 0 Å². The van der Waals surface area contributed by atoms with Crippen LogP contribution in [0, 0.1) is 5.92 Å². The Morgan fingerprint density at radius 3 is 2.59 bits per heavy atom. The predicted octanol–water partition coefficient (Wildman–Crippen LogP) is -1.03. The van der Waals surface area contributed by atoms with Crippen LogP contribution in [0.2, 0.25) is 0 Å². The molecular formula is C30H39N9O10S2. The maximum Gasteiger partial charge on any atom is 0.351 e. The highest BCUT2D eigenvalue weighted by atomic mass is 32.3. The lowest BCUT2D eigenvalue weighted by atomic mass is 9.84. The van der Waals surface area contributed by atoms with Crippen molar-refractivity contribution in [2.75, 3.05) is 38.5 Å². The van der Waals surface area contributed by atoms with Gasteiger partial charge >= 0.3 is 5.97 Å². The maximum atomic E-state index is 13.3. The Morgan fingerprint density at radius 2 is 2.00 bits per heavy atom. The van der Waals surface area contributed by atoms with E-state index < -0.39 is 58.2 Å². The first kappa shape index (κ1) is 37.6. The van der Waals surface area contributed by atoms with Crippen molar-refractivity contribution in [2.45, 2.75) is 44.5 Å². The summed E-state index contributed by atoms with van der Waals surface area (Å²) in [6, 6.07) is 5.71. The van der Waals surface area contributed by atoms with Crippen molar-refractivity contribution < 1.29 is 51.0 Å². The number of hydroxylamine groups is 2. The minimum Gasteiger partial charge on any atom is -0.724 e. The van der Waals surface area contributed by atoms with Crippen LogP contribution < -0.4 is 31.1 Å². The molecule has 0 radical (unpaired) electrons. The van der Waals surface area contributed by atoms with Crippen molar-refractivity contribution in [2.24, 2.45) is 18.1 Å². The van der Waals surface area contributed by atoms with Crippen molar-refractivity contribution >= 4 is 50.4 Å². The fourth-order valence-corrected chi connectivity index (χ4v) is 6.29. The first-order valence-electron chi connectivity index (χ1n) is 15.8. The zero-order chi connectivity index (χ0) is 36.9. The van der Waals surface area contributed by atoms with Gasteiger partial charge in [-0.1, -0.05) is 17.3 Å². The second kappa shape index (κ2) is 15.7. The van der Waals surface area contributed by atoms with Crippen molar-refractivity contribution in [3.8, 4) is 16.9 Å². The Balaban J connectivity index is 1.18. The number of anilines is 1. The van der Waals surface area contributed by atoms with E-state index in [2.05, 4.69) is 41.3 Å². The van der Waals surface area contributed by atoms with Crippen LogP contribution in [0.15, 0.2) is 47.2 Å². The number of hydrogen-bond acceptors (Lipinski definition) is 15. The number of ether oxygens (including phenoxy) is 1. The topological polar surface area (TPSA) is 256 Å². The molecule has 2 saturated heterocycles. The first-order valence-corrected chi connectivity index (χ1v) is 18.0. The summed E-state index contributed by atoms with van der Waals surface area (Å²) in [6.45, 7) is 7.16. The van der Waals surface area contributed by atoms with Gasteiger partial charge in [0, 0.05) is 25.0 Å². The van der Waals surface area contributed by atoms with E-state index in [-0.39, 0.29) is 10.8 Å². The molecule has 21 heteroatoms. The first-order chi connectivity index (χ1) is 24.1. The smallest absolute Gasteiger partial charge is 0.351 e. The fourth-order valence-electron chi connectivity index (χ4n) is 5.29. The van der Waals surface area contributed by atoms with Gasteiger partial charge in [0.05, 0.1) is 23.8 Å². The molecule has 1 aromatic carbocycles. The molecule has 2 fully saturated rings. The number of carboxylic acids is 1. The van der Waals surface area contributed by atoms with E-state index >= 15 is 0 Å². The van der Waals surface area contributed by atoms with Crippen molar-refractivity contribution in [3.05, 3.63) is 47.7 Å². The molecule has 0 bridgehead atoms. The van der Waals surface area contributed by atoms with Gasteiger partial charge in [0.1, 0.15) is 24.1 Å². The number of rotatable bonds is 18. The highest BCUT2D eigenvalue weighted by Crippen LogP contribution is 2.33. The Labute approximate surface area is 297 Å². The summed E-state index contributed by atoms with van der Waals surface area (Å²) >= 11 is 0.959. The van der Waals surface area contributed by atoms with Gasteiger partial charge in [-0.05, 0) is 50.4 Å². The molecule has 2 amide bonds. The van der Waals surface area contributed by atoms with Crippen molar-refractivity contribution in [1.29, 1.82) is 0 Å². The molecule has 3 aromatic rings. The van der Waals surface area contributed by atoms with Crippen LogP contribution >= 0.6 is 11.3 Å². The quantitative estimate of drug-likeness (QED) is 0.0198. The summed E-state index contributed by atoms with van der Waals surface area (Å²) in [5.74, 6) is -2.43. The molecule has 0 aliphatic carbocycles. The normalized spacial score (nSPS) is 18.1. The van der Waals surface area contributed by atoms with E-state index in [9.17, 15) is 32.5 Å². The number of carboxylic acid groups (broad SMARTS) is 1. The van der Waals surface area contributed by atoms with E-state index in [4.69, 9.17) is 15.3 Å². The molecule has 276 valence electrons. The fraction of sp³-hybridized carbons (Fsp3) is 0.467. The van der Waals surface area contributed by atoms with Gasteiger partial charge in [0.25, 0.3) is 17.9 Å². The lowest BCUT2D eigenvalue weighted by Gasteiger charge is -2.51. The average Bonchev–Trinajstić information content (AvgIpc) is 3.65. The second-order valence-electron chi connectivity index (χ2n) is 12.5. The molecule has 51 heavy (non-hydrogen) atoms. The van der Waals surface area contributed by atoms with Crippen LogP contribution in [-0.2, 0) is 47.5 Å². The molecule has 6 N–H and O–H groups in total. The Kier molecular flexibility index (Phi) is 11.6. The van der Waals surface area contributed by atoms with Crippen LogP contribution in [0.25, 0.3) is 11.1 Å². The van der Waals surface area contributed by atoms with Gasteiger partial charge in [-0.2, -0.15) is 14.0 Å². The Hall–Kier alpha value is -4.67. The number of carbonyl (C=O) groups excluding carboxylic acids is 2. The van der Waals surface area contributed by atoms with Gasteiger partial charge in [-0.25, -0.2) is 18.2 Å². The molecule has 0 saturated carbocycles.